The monoisotopic (exact) mass is 366 g/mol. The minimum atomic E-state index is -0.342. The molecule has 2 aliphatic rings. The van der Waals surface area contributed by atoms with Crippen molar-refractivity contribution in [1.82, 2.24) is 0 Å². The largest absolute Gasteiger partial charge is 0.310 e. The Morgan fingerprint density at radius 3 is 2.36 bits per heavy atom. The first-order valence-corrected chi connectivity index (χ1v) is 9.26. The van der Waals surface area contributed by atoms with Crippen LogP contribution >= 0.6 is 0 Å². The van der Waals surface area contributed by atoms with Crippen LogP contribution in [0.1, 0.15) is 38.5 Å². The smallest absolute Gasteiger partial charge is 0.273 e. The summed E-state index contributed by atoms with van der Waals surface area (Å²) in [6.07, 6.45) is 0. The summed E-state index contributed by atoms with van der Waals surface area (Å²) < 4.78 is 0. The molecular weight excluding hydrogens is 348 g/mol. The van der Waals surface area contributed by atoms with Gasteiger partial charge in [-0.3, -0.25) is 9.59 Å². The third-order valence-electron chi connectivity index (χ3n) is 5.57. The number of aryl methyl sites for hydroxylation is 1. The number of amides is 1. The molecule has 0 aromatic heterocycles. The van der Waals surface area contributed by atoms with E-state index in [1.807, 2.05) is 73.7 Å². The number of hydrogen-bond donors (Lipinski definition) is 0. The maximum atomic E-state index is 13.3. The molecule has 0 spiro atoms. The van der Waals surface area contributed by atoms with Gasteiger partial charge in [0.2, 0.25) is 0 Å². The van der Waals surface area contributed by atoms with E-state index in [0.717, 1.165) is 28.1 Å². The van der Waals surface area contributed by atoms with Crippen LogP contribution in [0.2, 0.25) is 0 Å². The van der Waals surface area contributed by atoms with Crippen molar-refractivity contribution < 1.29 is 9.59 Å². The van der Waals surface area contributed by atoms with Crippen LogP contribution in [-0.4, -0.2) is 24.4 Å². The maximum Gasteiger partial charge on any atom is 0.273 e. The number of carbonyl (C=O) groups is 2. The number of carbonyl (C=O) groups excluding carboxylic acids is 2. The van der Waals surface area contributed by atoms with Gasteiger partial charge in [-0.2, -0.15) is 0 Å². The summed E-state index contributed by atoms with van der Waals surface area (Å²) in [5, 5.41) is 0. The van der Waals surface area contributed by atoms with Gasteiger partial charge >= 0.3 is 0 Å². The van der Waals surface area contributed by atoms with Crippen LogP contribution in [0.3, 0.4) is 0 Å². The minimum absolute atomic E-state index is 0.00105. The number of nitrogens with zero attached hydrogens (tertiary/aromatic N) is 2. The first kappa shape index (κ1) is 16.6. The molecule has 3 aromatic carbocycles. The van der Waals surface area contributed by atoms with Gasteiger partial charge in [-0.05, 0) is 30.7 Å². The van der Waals surface area contributed by atoms with Crippen molar-refractivity contribution in [3.8, 4) is 0 Å². The number of fused-ring (bicyclic) bond motifs is 2. The van der Waals surface area contributed by atoms with Crippen LogP contribution in [0, 0.1) is 6.92 Å². The minimum Gasteiger partial charge on any atom is -0.310 e. The average molecular weight is 366 g/mol. The Balaban J connectivity index is 1.81. The molecule has 4 nitrogen and oxygen atoms in total. The second-order valence-corrected chi connectivity index (χ2v) is 7.28. The lowest BCUT2D eigenvalue weighted by molar-refractivity contribution is -0.112. The average Bonchev–Trinajstić information content (AvgIpc) is 2.72. The molecule has 3 aromatic rings. The van der Waals surface area contributed by atoms with E-state index in [2.05, 4.69) is 0 Å². The van der Waals surface area contributed by atoms with E-state index >= 15 is 0 Å². The SMILES string of the molecule is Cc1ccc(N=C2C(=O)N(C)c3cccc4c3C2c2ccccc2C4=O)cc1. The highest BCUT2D eigenvalue weighted by atomic mass is 16.2. The molecule has 0 fully saturated rings. The van der Waals surface area contributed by atoms with Crippen molar-refractivity contribution >= 4 is 28.8 Å². The van der Waals surface area contributed by atoms with E-state index in [9.17, 15) is 9.59 Å². The molecule has 1 unspecified atom stereocenters. The van der Waals surface area contributed by atoms with E-state index in [-0.39, 0.29) is 17.6 Å². The van der Waals surface area contributed by atoms with Crippen molar-refractivity contribution in [2.75, 3.05) is 11.9 Å². The lowest BCUT2D eigenvalue weighted by Gasteiger charge is -2.37. The van der Waals surface area contributed by atoms with Gasteiger partial charge in [0, 0.05) is 29.4 Å². The predicted octanol–water partition coefficient (Wildman–Crippen LogP) is 4.42. The summed E-state index contributed by atoms with van der Waals surface area (Å²) >= 11 is 0. The molecule has 1 atom stereocenters. The normalized spacial score (nSPS) is 18.9. The third-order valence-corrected chi connectivity index (χ3v) is 5.57. The maximum absolute atomic E-state index is 13.3. The summed E-state index contributed by atoms with van der Waals surface area (Å²) in [6, 6.07) is 20.9. The molecule has 28 heavy (non-hydrogen) atoms. The summed E-state index contributed by atoms with van der Waals surface area (Å²) in [5.41, 5.74) is 6.11. The number of hydrogen-bond acceptors (Lipinski definition) is 3. The molecular formula is C24H18N2O2. The van der Waals surface area contributed by atoms with Crippen molar-refractivity contribution in [3.05, 3.63) is 94.5 Å². The van der Waals surface area contributed by atoms with Crippen LogP contribution < -0.4 is 4.90 Å². The molecule has 1 aliphatic carbocycles. The quantitative estimate of drug-likeness (QED) is 0.640. The Kier molecular flexibility index (Phi) is 3.56. The standard InChI is InChI=1S/C24H18N2O2/c1-14-10-12-15(13-11-14)25-22-21-16-6-3-4-7-17(16)23(27)18-8-5-9-19(20(18)21)26(2)24(22)28/h3-13,21H,1-2H3. The van der Waals surface area contributed by atoms with Crippen molar-refractivity contribution in [3.63, 3.8) is 0 Å². The topological polar surface area (TPSA) is 49.7 Å². The van der Waals surface area contributed by atoms with Gasteiger partial charge < -0.3 is 4.90 Å². The van der Waals surface area contributed by atoms with E-state index < -0.39 is 0 Å². The van der Waals surface area contributed by atoms with Crippen molar-refractivity contribution in [2.45, 2.75) is 12.8 Å². The fraction of sp³-hybridized carbons (Fsp3) is 0.125. The van der Waals surface area contributed by atoms with Gasteiger partial charge in [0.05, 0.1) is 11.6 Å². The highest BCUT2D eigenvalue weighted by Crippen LogP contribution is 2.45. The first-order valence-electron chi connectivity index (χ1n) is 9.26. The van der Waals surface area contributed by atoms with Crippen LogP contribution in [-0.2, 0) is 4.79 Å². The van der Waals surface area contributed by atoms with E-state index in [1.165, 1.54) is 0 Å². The molecule has 1 amide bonds. The fourth-order valence-electron chi connectivity index (χ4n) is 4.16. The predicted molar refractivity (Wildman–Crippen MR) is 110 cm³/mol. The Morgan fingerprint density at radius 2 is 1.57 bits per heavy atom. The Bertz CT molecular complexity index is 1180. The molecule has 136 valence electrons. The number of ketones is 1. The van der Waals surface area contributed by atoms with Crippen LogP contribution in [0.4, 0.5) is 11.4 Å². The second kappa shape index (κ2) is 5.99. The summed E-state index contributed by atoms with van der Waals surface area (Å²) in [7, 11) is 1.74. The highest BCUT2D eigenvalue weighted by Gasteiger charge is 2.43. The highest BCUT2D eigenvalue weighted by molar-refractivity contribution is 6.49. The van der Waals surface area contributed by atoms with Gasteiger partial charge in [-0.1, -0.05) is 54.1 Å². The summed E-state index contributed by atoms with van der Waals surface area (Å²) in [6.45, 7) is 2.02. The van der Waals surface area contributed by atoms with Crippen LogP contribution in [0.5, 0.6) is 0 Å². The van der Waals surface area contributed by atoms with E-state index in [4.69, 9.17) is 4.99 Å². The van der Waals surface area contributed by atoms with E-state index in [1.54, 1.807) is 11.9 Å². The Morgan fingerprint density at radius 1 is 0.857 bits per heavy atom. The van der Waals surface area contributed by atoms with Gasteiger partial charge in [0.15, 0.2) is 5.78 Å². The molecule has 0 N–H and O–H groups in total. The van der Waals surface area contributed by atoms with E-state index in [0.29, 0.717) is 16.8 Å². The summed E-state index contributed by atoms with van der Waals surface area (Å²) in [4.78, 5) is 32.7. The third kappa shape index (κ3) is 2.28. The molecule has 0 saturated heterocycles. The van der Waals surface area contributed by atoms with Gasteiger partial charge in [-0.15, -0.1) is 0 Å². The molecule has 0 saturated carbocycles. The number of aliphatic imine (C=N–C) groups is 1. The Labute approximate surface area is 163 Å². The molecule has 4 heteroatoms. The van der Waals surface area contributed by atoms with Crippen molar-refractivity contribution in [2.24, 2.45) is 4.99 Å². The molecule has 1 aliphatic heterocycles. The molecule has 1 heterocycles. The second-order valence-electron chi connectivity index (χ2n) is 7.28. The Hall–Kier alpha value is -3.53. The van der Waals surface area contributed by atoms with Gasteiger partial charge in [0.25, 0.3) is 5.91 Å². The number of anilines is 1. The summed E-state index contributed by atoms with van der Waals surface area (Å²) in [5.74, 6) is -0.481. The van der Waals surface area contributed by atoms with Crippen molar-refractivity contribution in [1.29, 1.82) is 0 Å². The first-order chi connectivity index (χ1) is 13.6. The zero-order valence-electron chi connectivity index (χ0n) is 15.6. The van der Waals surface area contributed by atoms with Crippen LogP contribution in [0.15, 0.2) is 71.7 Å². The molecule has 0 bridgehead atoms. The zero-order chi connectivity index (χ0) is 19.4. The van der Waals surface area contributed by atoms with Gasteiger partial charge in [-0.25, -0.2) is 4.99 Å². The number of rotatable bonds is 1. The lowest BCUT2D eigenvalue weighted by Crippen LogP contribution is -2.44. The molecule has 5 rings (SSSR count). The lowest BCUT2D eigenvalue weighted by atomic mass is 9.72. The molecule has 0 radical (unpaired) electrons. The van der Waals surface area contributed by atoms with Crippen LogP contribution in [0.25, 0.3) is 0 Å². The zero-order valence-corrected chi connectivity index (χ0v) is 15.6. The number of benzene rings is 3. The van der Waals surface area contributed by atoms with Gasteiger partial charge in [0.1, 0.15) is 5.71 Å². The fourth-order valence-corrected chi connectivity index (χ4v) is 4.16.